The number of ether oxygens (including phenoxy) is 1. The fourth-order valence-corrected chi connectivity index (χ4v) is 1.89. The predicted molar refractivity (Wildman–Crippen MR) is 94.1 cm³/mol. The maximum atomic E-state index is 9.10. The number of rotatable bonds is 5. The molecule has 0 unspecified atom stereocenters. The molecule has 0 heterocycles. The number of carbonyl (C=O) groups is 2. The summed E-state index contributed by atoms with van der Waals surface area (Å²) in [6.07, 6.45) is 0. The van der Waals surface area contributed by atoms with Crippen molar-refractivity contribution in [1.82, 2.24) is 5.32 Å². The average molecular weight is 360 g/mol. The first-order chi connectivity index (χ1) is 10.9. The van der Waals surface area contributed by atoms with E-state index in [1.807, 2.05) is 18.2 Å². The number of halogens is 1. The van der Waals surface area contributed by atoms with Gasteiger partial charge in [-0.15, -0.1) is 0 Å². The SMILES string of the molecule is CC(C)NCCOc1ccc(Cl)cc1C(C)(C)C.O=C(O)C(=O)O. The van der Waals surface area contributed by atoms with Crippen molar-refractivity contribution in [2.24, 2.45) is 0 Å². The summed E-state index contributed by atoms with van der Waals surface area (Å²) in [4.78, 5) is 18.2. The van der Waals surface area contributed by atoms with Gasteiger partial charge in [-0.3, -0.25) is 0 Å². The van der Waals surface area contributed by atoms with Gasteiger partial charge in [-0.2, -0.15) is 0 Å². The van der Waals surface area contributed by atoms with E-state index in [4.69, 9.17) is 36.1 Å². The molecule has 1 rings (SSSR count). The number of benzene rings is 1. The van der Waals surface area contributed by atoms with E-state index in [-0.39, 0.29) is 5.41 Å². The van der Waals surface area contributed by atoms with Crippen molar-refractivity contribution in [3.05, 3.63) is 28.8 Å². The molecule has 24 heavy (non-hydrogen) atoms. The Labute approximate surface area is 147 Å². The van der Waals surface area contributed by atoms with Crippen molar-refractivity contribution in [2.75, 3.05) is 13.2 Å². The lowest BCUT2D eigenvalue weighted by Gasteiger charge is -2.23. The zero-order valence-electron chi connectivity index (χ0n) is 14.7. The van der Waals surface area contributed by atoms with Gasteiger partial charge < -0.3 is 20.3 Å². The molecule has 0 aliphatic rings. The van der Waals surface area contributed by atoms with Gasteiger partial charge in [-0.25, -0.2) is 9.59 Å². The standard InChI is InChI=1S/C15H24ClNO.C2H2O4/c1-11(2)17-8-9-18-14-7-6-12(16)10-13(14)15(3,4)5;3-1(4)2(5)6/h6-7,10-11,17H,8-9H2,1-5H3;(H,3,4)(H,5,6). The topological polar surface area (TPSA) is 95.9 Å². The number of aliphatic carboxylic acids is 2. The quantitative estimate of drug-likeness (QED) is 0.552. The Morgan fingerprint density at radius 1 is 1.21 bits per heavy atom. The monoisotopic (exact) mass is 359 g/mol. The van der Waals surface area contributed by atoms with Crippen molar-refractivity contribution in [3.63, 3.8) is 0 Å². The molecule has 0 spiro atoms. The maximum Gasteiger partial charge on any atom is 0.414 e. The average Bonchev–Trinajstić information content (AvgIpc) is 2.44. The molecule has 6 nitrogen and oxygen atoms in total. The molecule has 0 bridgehead atoms. The van der Waals surface area contributed by atoms with Gasteiger partial charge in [0.15, 0.2) is 0 Å². The third kappa shape index (κ3) is 9.37. The maximum absolute atomic E-state index is 9.10. The molecule has 1 aromatic rings. The number of carboxylic acids is 2. The lowest BCUT2D eigenvalue weighted by molar-refractivity contribution is -0.159. The second kappa shape index (κ2) is 10.2. The van der Waals surface area contributed by atoms with E-state index >= 15 is 0 Å². The summed E-state index contributed by atoms with van der Waals surface area (Å²) in [5, 5.41) is 18.9. The molecule has 0 fully saturated rings. The van der Waals surface area contributed by atoms with E-state index < -0.39 is 11.9 Å². The zero-order chi connectivity index (χ0) is 18.9. The fraction of sp³-hybridized carbons (Fsp3) is 0.529. The van der Waals surface area contributed by atoms with Crippen LogP contribution < -0.4 is 10.1 Å². The molecule has 0 saturated heterocycles. The third-order valence-corrected chi connectivity index (χ3v) is 3.08. The summed E-state index contributed by atoms with van der Waals surface area (Å²) in [7, 11) is 0. The van der Waals surface area contributed by atoms with Crippen LogP contribution in [-0.2, 0) is 15.0 Å². The largest absolute Gasteiger partial charge is 0.492 e. The summed E-state index contributed by atoms with van der Waals surface area (Å²) >= 11 is 6.06. The Balaban J connectivity index is 0.000000754. The second-order valence-electron chi connectivity index (χ2n) is 6.46. The van der Waals surface area contributed by atoms with E-state index in [0.29, 0.717) is 12.6 Å². The van der Waals surface area contributed by atoms with Gasteiger partial charge in [-0.05, 0) is 23.6 Å². The second-order valence-corrected chi connectivity index (χ2v) is 6.89. The summed E-state index contributed by atoms with van der Waals surface area (Å²) < 4.78 is 5.85. The van der Waals surface area contributed by atoms with Crippen LogP contribution in [-0.4, -0.2) is 41.3 Å². The van der Waals surface area contributed by atoms with Crippen molar-refractivity contribution >= 4 is 23.5 Å². The third-order valence-electron chi connectivity index (χ3n) is 2.84. The number of hydrogen-bond donors (Lipinski definition) is 3. The first kappa shape index (κ1) is 22.2. The Morgan fingerprint density at radius 3 is 2.17 bits per heavy atom. The summed E-state index contributed by atoms with van der Waals surface area (Å²) in [6.45, 7) is 12.3. The summed E-state index contributed by atoms with van der Waals surface area (Å²) in [5.74, 6) is -2.72. The summed E-state index contributed by atoms with van der Waals surface area (Å²) in [6, 6.07) is 6.31. The predicted octanol–water partition coefficient (Wildman–Crippen LogP) is 3.17. The Bertz CT molecular complexity index is 540. The molecule has 0 atom stereocenters. The molecule has 0 radical (unpaired) electrons. The summed E-state index contributed by atoms with van der Waals surface area (Å²) in [5.41, 5.74) is 1.19. The number of carboxylic acid groups (broad SMARTS) is 2. The Hall–Kier alpha value is -1.79. The molecule has 136 valence electrons. The van der Waals surface area contributed by atoms with Crippen LogP contribution in [0.5, 0.6) is 5.75 Å². The Morgan fingerprint density at radius 2 is 1.75 bits per heavy atom. The molecule has 0 aromatic heterocycles. The molecule has 3 N–H and O–H groups in total. The molecule has 0 aliphatic carbocycles. The minimum absolute atomic E-state index is 0.0334. The molecule has 0 saturated carbocycles. The highest BCUT2D eigenvalue weighted by molar-refractivity contribution is 6.30. The molecule has 0 amide bonds. The molecule has 1 aromatic carbocycles. The lowest BCUT2D eigenvalue weighted by atomic mass is 9.86. The minimum Gasteiger partial charge on any atom is -0.492 e. The van der Waals surface area contributed by atoms with Gasteiger partial charge in [0.25, 0.3) is 0 Å². The van der Waals surface area contributed by atoms with Gasteiger partial charge >= 0.3 is 11.9 Å². The van der Waals surface area contributed by atoms with Crippen molar-refractivity contribution in [1.29, 1.82) is 0 Å². The van der Waals surface area contributed by atoms with E-state index in [2.05, 4.69) is 39.9 Å². The van der Waals surface area contributed by atoms with Crippen LogP contribution in [0.1, 0.15) is 40.2 Å². The molecular weight excluding hydrogens is 334 g/mol. The van der Waals surface area contributed by atoms with Crippen LogP contribution in [0.3, 0.4) is 0 Å². The molecule has 7 heteroatoms. The number of nitrogens with one attached hydrogen (secondary N) is 1. The minimum atomic E-state index is -1.82. The first-order valence-electron chi connectivity index (χ1n) is 7.57. The number of hydrogen-bond acceptors (Lipinski definition) is 4. The van der Waals surface area contributed by atoms with Crippen LogP contribution in [0.2, 0.25) is 5.02 Å². The van der Waals surface area contributed by atoms with E-state index in [1.165, 1.54) is 0 Å². The lowest BCUT2D eigenvalue weighted by Crippen LogP contribution is -2.28. The highest BCUT2D eigenvalue weighted by Crippen LogP contribution is 2.33. The van der Waals surface area contributed by atoms with Crippen LogP contribution in [0.25, 0.3) is 0 Å². The molecule has 0 aliphatic heterocycles. The van der Waals surface area contributed by atoms with E-state index in [9.17, 15) is 0 Å². The van der Waals surface area contributed by atoms with Gasteiger partial charge in [0.2, 0.25) is 0 Å². The van der Waals surface area contributed by atoms with Gasteiger partial charge in [0.1, 0.15) is 12.4 Å². The van der Waals surface area contributed by atoms with Gasteiger partial charge in [0.05, 0.1) is 0 Å². The van der Waals surface area contributed by atoms with Crippen LogP contribution >= 0.6 is 11.6 Å². The van der Waals surface area contributed by atoms with Crippen LogP contribution in [0, 0.1) is 0 Å². The first-order valence-corrected chi connectivity index (χ1v) is 7.95. The molecular formula is C17H26ClNO5. The van der Waals surface area contributed by atoms with Gasteiger partial charge in [0, 0.05) is 23.2 Å². The van der Waals surface area contributed by atoms with E-state index in [0.717, 1.165) is 22.9 Å². The smallest absolute Gasteiger partial charge is 0.414 e. The zero-order valence-corrected chi connectivity index (χ0v) is 15.5. The fourth-order valence-electron chi connectivity index (χ4n) is 1.72. The van der Waals surface area contributed by atoms with E-state index in [1.54, 1.807) is 0 Å². The van der Waals surface area contributed by atoms with Crippen LogP contribution in [0.4, 0.5) is 0 Å². The van der Waals surface area contributed by atoms with Gasteiger partial charge in [-0.1, -0.05) is 46.2 Å². The van der Waals surface area contributed by atoms with Crippen LogP contribution in [0.15, 0.2) is 18.2 Å². The van der Waals surface area contributed by atoms with Crippen molar-refractivity contribution in [2.45, 2.75) is 46.1 Å². The highest BCUT2D eigenvalue weighted by Gasteiger charge is 2.19. The van der Waals surface area contributed by atoms with Crippen molar-refractivity contribution in [3.8, 4) is 5.75 Å². The highest BCUT2D eigenvalue weighted by atomic mass is 35.5. The van der Waals surface area contributed by atoms with Crippen molar-refractivity contribution < 1.29 is 24.5 Å². The Kier molecular flexibility index (Phi) is 9.40. The normalized spacial score (nSPS) is 10.8.